The van der Waals surface area contributed by atoms with Crippen molar-refractivity contribution in [1.82, 2.24) is 20.2 Å². The average Bonchev–Trinajstić information content (AvgIpc) is 2.84. The Hall–Kier alpha value is -2.50. The Morgan fingerprint density at radius 3 is 2.55 bits per heavy atom. The van der Waals surface area contributed by atoms with Crippen molar-refractivity contribution in [2.45, 2.75) is 20.8 Å². The normalized spacial score (nSPS) is 11.4. The van der Waals surface area contributed by atoms with Gasteiger partial charge in [-0.1, -0.05) is 29.8 Å². The predicted octanol–water partition coefficient (Wildman–Crippen LogP) is 1.85. The molecule has 104 valence electrons. The van der Waals surface area contributed by atoms with Gasteiger partial charge in [-0.05, 0) is 42.8 Å². The van der Waals surface area contributed by atoms with Crippen LogP contribution in [-0.2, 0) is 9.53 Å². The monoisotopic (exact) mass is 272 g/mol. The maximum Gasteiger partial charge on any atom is 0.357 e. The molecule has 1 aromatic carbocycles. The van der Waals surface area contributed by atoms with E-state index < -0.39 is 5.97 Å². The highest BCUT2D eigenvalue weighted by Crippen LogP contribution is 2.14. The molecule has 6 nitrogen and oxygen atoms in total. The van der Waals surface area contributed by atoms with E-state index in [-0.39, 0.29) is 0 Å². The summed E-state index contributed by atoms with van der Waals surface area (Å²) in [6.07, 6.45) is 1.71. The molecule has 0 fully saturated rings. The standard InChI is InChI=1S/C14H16N4O2/c1-4-20-14(19)13(18-11(3)15-16-17-18)9-12-7-5-10(2)6-8-12/h5-9H,4H2,1-3H3. The zero-order valence-electron chi connectivity index (χ0n) is 11.7. The Bertz CT molecular complexity index is 629. The van der Waals surface area contributed by atoms with Gasteiger partial charge >= 0.3 is 5.97 Å². The topological polar surface area (TPSA) is 69.9 Å². The van der Waals surface area contributed by atoms with Crippen molar-refractivity contribution in [2.24, 2.45) is 0 Å². The Kier molecular flexibility index (Phi) is 4.24. The van der Waals surface area contributed by atoms with Crippen molar-refractivity contribution in [3.63, 3.8) is 0 Å². The van der Waals surface area contributed by atoms with Crippen LogP contribution in [0.2, 0.25) is 0 Å². The molecule has 20 heavy (non-hydrogen) atoms. The summed E-state index contributed by atoms with van der Waals surface area (Å²) >= 11 is 0. The fraction of sp³-hybridized carbons (Fsp3) is 0.286. The third-order valence-electron chi connectivity index (χ3n) is 2.72. The van der Waals surface area contributed by atoms with Crippen molar-refractivity contribution in [3.05, 3.63) is 41.2 Å². The van der Waals surface area contributed by atoms with Crippen molar-refractivity contribution < 1.29 is 9.53 Å². The highest BCUT2D eigenvalue weighted by atomic mass is 16.5. The van der Waals surface area contributed by atoms with Gasteiger partial charge in [-0.25, -0.2) is 4.79 Å². The molecule has 2 aromatic rings. The number of ether oxygens (including phenoxy) is 1. The Labute approximate surface area is 117 Å². The number of tetrazole rings is 1. The first kappa shape index (κ1) is 13.9. The molecule has 0 aliphatic heterocycles. The van der Waals surface area contributed by atoms with Crippen LogP contribution >= 0.6 is 0 Å². The van der Waals surface area contributed by atoms with Gasteiger partial charge in [0.25, 0.3) is 0 Å². The molecule has 0 saturated carbocycles. The van der Waals surface area contributed by atoms with Gasteiger partial charge < -0.3 is 4.74 Å². The van der Waals surface area contributed by atoms with Gasteiger partial charge in [0.05, 0.1) is 6.61 Å². The molecule has 0 atom stereocenters. The Morgan fingerprint density at radius 2 is 2.00 bits per heavy atom. The van der Waals surface area contributed by atoms with Crippen LogP contribution in [-0.4, -0.2) is 32.8 Å². The van der Waals surface area contributed by atoms with E-state index in [1.807, 2.05) is 31.2 Å². The molecule has 0 saturated heterocycles. The van der Waals surface area contributed by atoms with Crippen LogP contribution in [0.25, 0.3) is 11.8 Å². The molecule has 1 aromatic heterocycles. The van der Waals surface area contributed by atoms with Crippen molar-refractivity contribution >= 4 is 17.7 Å². The van der Waals surface area contributed by atoms with Gasteiger partial charge in [0.1, 0.15) is 0 Å². The minimum Gasteiger partial charge on any atom is -0.461 e. The van der Waals surface area contributed by atoms with E-state index in [0.29, 0.717) is 18.1 Å². The van der Waals surface area contributed by atoms with Crippen LogP contribution in [0.15, 0.2) is 24.3 Å². The smallest absolute Gasteiger partial charge is 0.357 e. The number of carbonyl (C=O) groups is 1. The van der Waals surface area contributed by atoms with E-state index in [1.54, 1.807) is 19.9 Å². The van der Waals surface area contributed by atoms with Crippen LogP contribution < -0.4 is 0 Å². The molecule has 0 radical (unpaired) electrons. The Morgan fingerprint density at radius 1 is 1.30 bits per heavy atom. The van der Waals surface area contributed by atoms with Crippen LogP contribution in [0.5, 0.6) is 0 Å². The number of rotatable bonds is 4. The number of aromatic nitrogens is 4. The SMILES string of the molecule is CCOC(=O)C(=Cc1ccc(C)cc1)n1nnnc1C. The lowest BCUT2D eigenvalue weighted by atomic mass is 10.1. The third kappa shape index (κ3) is 3.09. The Balaban J connectivity index is 2.43. The summed E-state index contributed by atoms with van der Waals surface area (Å²) in [6.45, 7) is 5.78. The molecule has 0 bridgehead atoms. The highest BCUT2D eigenvalue weighted by Gasteiger charge is 2.17. The quantitative estimate of drug-likeness (QED) is 0.627. The molecule has 1 heterocycles. The van der Waals surface area contributed by atoms with Crippen molar-refractivity contribution in [2.75, 3.05) is 6.61 Å². The van der Waals surface area contributed by atoms with E-state index in [0.717, 1.165) is 11.1 Å². The second kappa shape index (κ2) is 6.10. The summed E-state index contributed by atoms with van der Waals surface area (Å²) in [5.74, 6) is 0.0693. The summed E-state index contributed by atoms with van der Waals surface area (Å²) in [5.41, 5.74) is 2.32. The van der Waals surface area contributed by atoms with Gasteiger partial charge in [0.15, 0.2) is 11.5 Å². The second-order valence-electron chi connectivity index (χ2n) is 4.30. The number of hydrogen-bond acceptors (Lipinski definition) is 5. The van der Waals surface area contributed by atoms with Crippen LogP contribution in [0, 0.1) is 13.8 Å². The maximum atomic E-state index is 12.1. The summed E-state index contributed by atoms with van der Waals surface area (Å²) in [6, 6.07) is 7.80. The summed E-state index contributed by atoms with van der Waals surface area (Å²) < 4.78 is 6.43. The number of hydrogen-bond donors (Lipinski definition) is 0. The molecule has 0 aliphatic carbocycles. The van der Waals surface area contributed by atoms with Gasteiger partial charge in [0, 0.05) is 0 Å². The van der Waals surface area contributed by atoms with Crippen LogP contribution in [0.1, 0.15) is 23.9 Å². The first-order valence-electron chi connectivity index (χ1n) is 6.32. The lowest BCUT2D eigenvalue weighted by molar-refractivity contribution is -0.136. The number of aryl methyl sites for hydroxylation is 2. The molecule has 0 aliphatic rings. The van der Waals surface area contributed by atoms with Crippen molar-refractivity contribution in [3.8, 4) is 0 Å². The molecule has 2 rings (SSSR count). The van der Waals surface area contributed by atoms with Gasteiger partial charge in [-0.15, -0.1) is 5.10 Å². The van der Waals surface area contributed by atoms with Gasteiger partial charge in [-0.2, -0.15) is 4.68 Å². The average molecular weight is 272 g/mol. The molecule has 0 unspecified atom stereocenters. The van der Waals surface area contributed by atoms with Gasteiger partial charge in [-0.3, -0.25) is 0 Å². The minimum atomic E-state index is -0.455. The largest absolute Gasteiger partial charge is 0.461 e. The fourth-order valence-electron chi connectivity index (χ4n) is 1.69. The number of benzene rings is 1. The highest BCUT2D eigenvalue weighted by molar-refractivity contribution is 6.15. The van der Waals surface area contributed by atoms with Crippen LogP contribution in [0.4, 0.5) is 0 Å². The van der Waals surface area contributed by atoms with E-state index in [4.69, 9.17) is 4.74 Å². The van der Waals surface area contributed by atoms with E-state index in [9.17, 15) is 4.79 Å². The molecular weight excluding hydrogens is 256 g/mol. The molecule has 6 heteroatoms. The number of nitrogens with zero attached hydrogens (tertiary/aromatic N) is 4. The fourth-order valence-corrected chi connectivity index (χ4v) is 1.69. The minimum absolute atomic E-state index is 0.290. The first-order valence-corrected chi connectivity index (χ1v) is 6.32. The van der Waals surface area contributed by atoms with Crippen molar-refractivity contribution in [1.29, 1.82) is 0 Å². The van der Waals surface area contributed by atoms with Gasteiger partial charge in [0.2, 0.25) is 0 Å². The van der Waals surface area contributed by atoms with E-state index >= 15 is 0 Å². The number of carbonyl (C=O) groups excluding carboxylic acids is 1. The first-order chi connectivity index (χ1) is 9.61. The second-order valence-corrected chi connectivity index (χ2v) is 4.30. The molecular formula is C14H16N4O2. The molecule has 0 spiro atoms. The van der Waals surface area contributed by atoms with E-state index in [1.165, 1.54) is 4.68 Å². The zero-order valence-corrected chi connectivity index (χ0v) is 11.7. The summed E-state index contributed by atoms with van der Waals surface area (Å²) in [4.78, 5) is 12.1. The lowest BCUT2D eigenvalue weighted by Gasteiger charge is -2.07. The molecule has 0 amide bonds. The maximum absolute atomic E-state index is 12.1. The summed E-state index contributed by atoms with van der Waals surface area (Å²) in [7, 11) is 0. The third-order valence-corrected chi connectivity index (χ3v) is 2.72. The summed E-state index contributed by atoms with van der Waals surface area (Å²) in [5, 5.41) is 11.2. The van der Waals surface area contributed by atoms with Crippen LogP contribution in [0.3, 0.4) is 0 Å². The zero-order chi connectivity index (χ0) is 14.5. The predicted molar refractivity (Wildman–Crippen MR) is 74.5 cm³/mol. The van der Waals surface area contributed by atoms with E-state index in [2.05, 4.69) is 15.5 Å². The molecule has 0 N–H and O–H groups in total. The number of esters is 1. The lowest BCUT2D eigenvalue weighted by Crippen LogP contribution is -2.14.